The second kappa shape index (κ2) is 10.8. The molecule has 2 aromatic carbocycles. The van der Waals surface area contributed by atoms with Crippen LogP contribution in [0.15, 0.2) is 58.6 Å². The van der Waals surface area contributed by atoms with Gasteiger partial charge in [0.2, 0.25) is 10.0 Å². The third-order valence-corrected chi connectivity index (χ3v) is 10.5. The quantitative estimate of drug-likeness (QED) is 0.482. The predicted octanol–water partition coefficient (Wildman–Crippen LogP) is 4.87. The molecule has 2 amide bonds. The van der Waals surface area contributed by atoms with Crippen molar-refractivity contribution >= 4 is 31.6 Å². The maximum atomic E-state index is 14.2. The second-order valence-electron chi connectivity index (χ2n) is 9.67. The van der Waals surface area contributed by atoms with Crippen molar-refractivity contribution in [3.05, 3.63) is 70.4 Å². The lowest BCUT2D eigenvalue weighted by Gasteiger charge is -2.43. The predicted molar refractivity (Wildman–Crippen MR) is 142 cm³/mol. The molecule has 39 heavy (non-hydrogen) atoms. The Morgan fingerprint density at radius 3 is 2.28 bits per heavy atom. The molecule has 0 aromatic heterocycles. The number of rotatable bonds is 6. The summed E-state index contributed by atoms with van der Waals surface area (Å²) in [4.78, 5) is 14.9. The Morgan fingerprint density at radius 1 is 1.00 bits per heavy atom. The third kappa shape index (κ3) is 5.14. The van der Waals surface area contributed by atoms with Crippen molar-refractivity contribution in [2.75, 3.05) is 11.2 Å². The minimum absolute atomic E-state index is 0.0203. The molecule has 204 valence electrons. The second-order valence-corrected chi connectivity index (χ2v) is 13.7. The molecule has 1 aliphatic heterocycles. The molecule has 0 N–H and O–H groups in total. The van der Waals surface area contributed by atoms with Gasteiger partial charge < -0.3 is 0 Å². The van der Waals surface area contributed by atoms with Gasteiger partial charge in [-0.05, 0) is 55.2 Å². The van der Waals surface area contributed by atoms with E-state index in [1.165, 1.54) is 43.3 Å². The van der Waals surface area contributed by atoms with Gasteiger partial charge in [0.05, 0.1) is 39.1 Å². The van der Waals surface area contributed by atoms with Crippen LogP contribution in [0.25, 0.3) is 0 Å². The highest BCUT2D eigenvalue weighted by Crippen LogP contribution is 2.44. The van der Waals surface area contributed by atoms with Crippen LogP contribution in [0.5, 0.6) is 0 Å². The highest BCUT2D eigenvalue weighted by atomic mass is 32.2. The first-order chi connectivity index (χ1) is 18.4. The zero-order valence-electron chi connectivity index (χ0n) is 21.5. The van der Waals surface area contributed by atoms with Gasteiger partial charge in [0.25, 0.3) is 0 Å². The van der Waals surface area contributed by atoms with Crippen LogP contribution in [0.1, 0.15) is 61.8 Å². The van der Waals surface area contributed by atoms with Crippen molar-refractivity contribution in [1.29, 1.82) is 10.5 Å². The van der Waals surface area contributed by atoms with E-state index in [9.17, 15) is 36.5 Å². The molecular weight excluding hydrogens is 543 g/mol. The maximum absolute atomic E-state index is 14.2. The molecule has 0 spiro atoms. The van der Waals surface area contributed by atoms with E-state index < -0.39 is 43.9 Å². The molecule has 1 saturated carbocycles. The Morgan fingerprint density at radius 2 is 1.69 bits per heavy atom. The Labute approximate surface area is 227 Å². The fraction of sp³-hybridized carbons (Fsp3) is 0.370. The first-order valence-corrected chi connectivity index (χ1v) is 15.7. The smallest absolute Gasteiger partial charge is 0.265 e. The molecule has 1 aliphatic carbocycles. The fourth-order valence-electron chi connectivity index (χ4n) is 5.22. The van der Waals surface area contributed by atoms with E-state index in [2.05, 4.69) is 0 Å². The van der Waals surface area contributed by atoms with Gasteiger partial charge in [0, 0.05) is 12.0 Å². The summed E-state index contributed by atoms with van der Waals surface area (Å²) in [5.41, 5.74) is 0.272. The highest BCUT2D eigenvalue weighted by Gasteiger charge is 2.49. The zero-order chi connectivity index (χ0) is 28.5. The van der Waals surface area contributed by atoms with Gasteiger partial charge >= 0.3 is 6.03 Å². The van der Waals surface area contributed by atoms with Gasteiger partial charge in [-0.25, -0.2) is 30.3 Å². The van der Waals surface area contributed by atoms with Gasteiger partial charge in [-0.2, -0.15) is 10.5 Å². The summed E-state index contributed by atoms with van der Waals surface area (Å²) < 4.78 is 68.1. The topological polar surface area (TPSA) is 139 Å². The molecule has 1 atom stereocenters. The Hall–Kier alpha value is -3.74. The average molecular weight is 571 g/mol. The van der Waals surface area contributed by atoms with E-state index in [0.29, 0.717) is 30.0 Å². The largest absolute Gasteiger partial charge is 0.343 e. The standard InChI is InChI=1S/C27H27FN4O5S2/c1-18-24(17-30)26(23-12-11-20(16-29)14-25(23)38(2,34)35)32(39(36,37)22-9-4-3-5-10-22)27(33)31(18)21-8-6-7-19(13-21)15-28/h6-8,11-14,22,26H,3-5,9-10,15H2,1-2H3/t26-/m1/s1. The molecule has 1 fully saturated rings. The summed E-state index contributed by atoms with van der Waals surface area (Å²) in [6.07, 6.45) is 3.67. The van der Waals surface area contributed by atoms with E-state index in [-0.39, 0.29) is 38.5 Å². The van der Waals surface area contributed by atoms with Crippen molar-refractivity contribution in [3.63, 3.8) is 0 Å². The first-order valence-electron chi connectivity index (χ1n) is 12.3. The number of urea groups is 1. The van der Waals surface area contributed by atoms with E-state index in [1.807, 2.05) is 12.1 Å². The van der Waals surface area contributed by atoms with E-state index >= 15 is 0 Å². The fourth-order valence-corrected chi connectivity index (χ4v) is 8.24. The number of allylic oxidation sites excluding steroid dienone is 1. The van der Waals surface area contributed by atoms with Crippen molar-refractivity contribution in [3.8, 4) is 12.1 Å². The number of anilines is 1. The van der Waals surface area contributed by atoms with Crippen LogP contribution in [0.2, 0.25) is 0 Å². The Bertz CT molecular complexity index is 1650. The van der Waals surface area contributed by atoms with Crippen LogP contribution in [0.4, 0.5) is 14.9 Å². The number of hydrogen-bond acceptors (Lipinski definition) is 7. The van der Waals surface area contributed by atoms with Gasteiger partial charge in [0.1, 0.15) is 12.7 Å². The minimum atomic E-state index is -4.41. The number of carbonyl (C=O) groups is 1. The lowest BCUT2D eigenvalue weighted by atomic mass is 9.94. The third-order valence-electron chi connectivity index (χ3n) is 7.14. The summed E-state index contributed by atoms with van der Waals surface area (Å²) in [5, 5.41) is 18.8. The number of halogens is 1. The van der Waals surface area contributed by atoms with Gasteiger partial charge in [0.15, 0.2) is 9.84 Å². The zero-order valence-corrected chi connectivity index (χ0v) is 23.1. The molecule has 0 radical (unpaired) electrons. The lowest BCUT2D eigenvalue weighted by molar-refractivity contribution is 0.219. The number of alkyl halides is 1. The average Bonchev–Trinajstić information content (AvgIpc) is 2.92. The minimum Gasteiger partial charge on any atom is -0.265 e. The Kier molecular flexibility index (Phi) is 7.82. The van der Waals surface area contributed by atoms with Crippen LogP contribution >= 0.6 is 0 Å². The first kappa shape index (κ1) is 28.3. The summed E-state index contributed by atoms with van der Waals surface area (Å²) in [5.74, 6) is 0. The monoisotopic (exact) mass is 570 g/mol. The number of nitrogens with zero attached hydrogens (tertiary/aromatic N) is 4. The number of benzene rings is 2. The summed E-state index contributed by atoms with van der Waals surface area (Å²) in [6.45, 7) is 0.638. The van der Waals surface area contributed by atoms with Crippen molar-refractivity contribution in [2.24, 2.45) is 0 Å². The molecule has 4 rings (SSSR count). The number of carbonyl (C=O) groups excluding carboxylic acids is 1. The number of nitriles is 2. The van der Waals surface area contributed by atoms with Crippen molar-refractivity contribution < 1.29 is 26.0 Å². The molecular formula is C27H27FN4O5S2. The molecule has 9 nitrogen and oxygen atoms in total. The van der Waals surface area contributed by atoms with Crippen molar-refractivity contribution in [1.82, 2.24) is 4.31 Å². The normalized spacial score (nSPS) is 19.1. The van der Waals surface area contributed by atoms with Crippen LogP contribution in [0.3, 0.4) is 0 Å². The van der Waals surface area contributed by atoms with E-state index in [1.54, 1.807) is 0 Å². The van der Waals surface area contributed by atoms with E-state index in [0.717, 1.165) is 23.6 Å². The molecule has 2 aliphatic rings. The molecule has 12 heteroatoms. The lowest BCUT2D eigenvalue weighted by Crippen LogP contribution is -2.54. The number of hydrogen-bond donors (Lipinski definition) is 0. The SMILES string of the molecule is CC1=C(C#N)[C@@H](c2ccc(C#N)cc2S(C)(=O)=O)N(S(=O)(=O)C2CCCCC2)C(=O)N1c1cccc(CF)c1. The maximum Gasteiger partial charge on any atom is 0.343 e. The van der Waals surface area contributed by atoms with Crippen LogP contribution in [-0.4, -0.2) is 38.7 Å². The number of sulfone groups is 1. The Balaban J connectivity index is 2.06. The molecule has 0 bridgehead atoms. The van der Waals surface area contributed by atoms with Gasteiger partial charge in [-0.15, -0.1) is 0 Å². The number of sulfonamides is 1. The summed E-state index contributed by atoms with van der Waals surface area (Å²) in [6, 6.07) is 10.9. The molecule has 0 unspecified atom stereocenters. The van der Waals surface area contributed by atoms with Gasteiger partial charge in [-0.1, -0.05) is 37.5 Å². The van der Waals surface area contributed by atoms with Gasteiger partial charge in [-0.3, -0.25) is 4.90 Å². The van der Waals surface area contributed by atoms with Crippen LogP contribution in [-0.2, 0) is 26.5 Å². The highest BCUT2D eigenvalue weighted by molar-refractivity contribution is 7.91. The summed E-state index contributed by atoms with van der Waals surface area (Å²) >= 11 is 0. The molecule has 2 aromatic rings. The van der Waals surface area contributed by atoms with Crippen LogP contribution in [0, 0.1) is 22.7 Å². The molecule has 0 saturated heterocycles. The van der Waals surface area contributed by atoms with Crippen LogP contribution < -0.4 is 4.90 Å². The van der Waals surface area contributed by atoms with E-state index in [4.69, 9.17) is 0 Å². The summed E-state index contributed by atoms with van der Waals surface area (Å²) in [7, 11) is -8.43. The molecule has 1 heterocycles. The number of amides is 2. The van der Waals surface area contributed by atoms with Crippen molar-refractivity contribution in [2.45, 2.75) is 61.9 Å².